The van der Waals surface area contributed by atoms with E-state index in [0.717, 1.165) is 22.6 Å². The predicted molar refractivity (Wildman–Crippen MR) is 72.4 cm³/mol. The van der Waals surface area contributed by atoms with E-state index in [1.165, 1.54) is 0 Å². The summed E-state index contributed by atoms with van der Waals surface area (Å²) >= 11 is 0. The summed E-state index contributed by atoms with van der Waals surface area (Å²) in [6, 6.07) is 16.0. The van der Waals surface area contributed by atoms with Crippen LogP contribution >= 0.6 is 0 Å². The van der Waals surface area contributed by atoms with E-state index in [1.54, 1.807) is 0 Å². The molecule has 18 heavy (non-hydrogen) atoms. The van der Waals surface area contributed by atoms with Crippen LogP contribution in [0, 0.1) is 6.92 Å². The van der Waals surface area contributed by atoms with Gasteiger partial charge in [-0.25, -0.2) is 4.98 Å². The molecule has 0 bridgehead atoms. The second kappa shape index (κ2) is 4.27. The topological polar surface area (TPSA) is 43.3 Å². The number of nitrogens with two attached hydrogens (primary N) is 1. The van der Waals surface area contributed by atoms with Crippen molar-refractivity contribution >= 4 is 5.65 Å². The minimum atomic E-state index is -0.151. The van der Waals surface area contributed by atoms with E-state index in [2.05, 4.69) is 22.4 Å². The highest BCUT2D eigenvalue weighted by Crippen LogP contribution is 2.21. The first-order chi connectivity index (χ1) is 8.77. The van der Waals surface area contributed by atoms with E-state index in [4.69, 9.17) is 5.73 Å². The molecule has 3 nitrogen and oxygen atoms in total. The van der Waals surface area contributed by atoms with Crippen molar-refractivity contribution in [2.45, 2.75) is 13.0 Å². The Hall–Kier alpha value is -2.13. The van der Waals surface area contributed by atoms with E-state index in [1.807, 2.05) is 48.7 Å². The molecule has 3 rings (SSSR count). The van der Waals surface area contributed by atoms with Gasteiger partial charge in [-0.05, 0) is 24.6 Å². The van der Waals surface area contributed by atoms with Crippen LogP contribution in [0.25, 0.3) is 5.65 Å². The second-order valence-corrected chi connectivity index (χ2v) is 4.43. The fraction of sp³-hybridized carbons (Fsp3) is 0.133. The molecule has 3 heteroatoms. The monoisotopic (exact) mass is 237 g/mol. The van der Waals surface area contributed by atoms with E-state index in [0.29, 0.717) is 0 Å². The third kappa shape index (κ3) is 1.69. The number of nitrogens with zero attached hydrogens (tertiary/aromatic N) is 2. The molecule has 2 heterocycles. The molecular weight excluding hydrogens is 222 g/mol. The van der Waals surface area contributed by atoms with Crippen molar-refractivity contribution in [3.05, 3.63) is 71.7 Å². The predicted octanol–water partition coefficient (Wildman–Crippen LogP) is 2.69. The highest BCUT2D eigenvalue weighted by Gasteiger charge is 2.14. The van der Waals surface area contributed by atoms with Gasteiger partial charge >= 0.3 is 0 Å². The van der Waals surface area contributed by atoms with Crippen LogP contribution in [0.15, 0.2) is 54.7 Å². The number of benzene rings is 1. The van der Waals surface area contributed by atoms with Crippen molar-refractivity contribution in [2.75, 3.05) is 0 Å². The number of pyridine rings is 1. The average molecular weight is 237 g/mol. The van der Waals surface area contributed by atoms with Gasteiger partial charge < -0.3 is 5.73 Å². The maximum Gasteiger partial charge on any atom is 0.137 e. The Morgan fingerprint density at radius 1 is 1.06 bits per heavy atom. The number of imidazole rings is 1. The molecule has 2 aromatic heterocycles. The summed E-state index contributed by atoms with van der Waals surface area (Å²) in [6.45, 7) is 2.07. The van der Waals surface area contributed by atoms with E-state index >= 15 is 0 Å². The van der Waals surface area contributed by atoms with Gasteiger partial charge in [0.15, 0.2) is 0 Å². The van der Waals surface area contributed by atoms with Crippen LogP contribution in [-0.2, 0) is 0 Å². The molecule has 0 fully saturated rings. The van der Waals surface area contributed by atoms with Gasteiger partial charge in [-0.3, -0.25) is 4.40 Å². The molecule has 0 spiro atoms. The third-order valence-corrected chi connectivity index (χ3v) is 3.23. The van der Waals surface area contributed by atoms with Crippen LogP contribution in [0.3, 0.4) is 0 Å². The van der Waals surface area contributed by atoms with Crippen LogP contribution in [-0.4, -0.2) is 9.38 Å². The quantitative estimate of drug-likeness (QED) is 0.744. The Bertz CT molecular complexity index is 671. The first-order valence-corrected chi connectivity index (χ1v) is 6.01. The van der Waals surface area contributed by atoms with Crippen molar-refractivity contribution < 1.29 is 0 Å². The zero-order valence-electron chi connectivity index (χ0n) is 10.2. The Kier molecular flexibility index (Phi) is 2.61. The maximum atomic E-state index is 6.33. The smallest absolute Gasteiger partial charge is 0.137 e. The highest BCUT2D eigenvalue weighted by molar-refractivity contribution is 5.44. The lowest BCUT2D eigenvalue weighted by atomic mass is 10.1. The van der Waals surface area contributed by atoms with E-state index in [9.17, 15) is 0 Å². The van der Waals surface area contributed by atoms with Crippen molar-refractivity contribution in [1.29, 1.82) is 0 Å². The molecule has 0 aliphatic carbocycles. The molecule has 1 atom stereocenters. The summed E-state index contributed by atoms with van der Waals surface area (Å²) in [7, 11) is 0. The van der Waals surface area contributed by atoms with Gasteiger partial charge in [-0.15, -0.1) is 0 Å². The molecule has 0 aliphatic rings. The van der Waals surface area contributed by atoms with Crippen molar-refractivity contribution in [2.24, 2.45) is 5.73 Å². The summed E-state index contributed by atoms with van der Waals surface area (Å²) in [5.74, 6) is 0. The highest BCUT2D eigenvalue weighted by atomic mass is 15.0. The Morgan fingerprint density at radius 2 is 1.83 bits per heavy atom. The van der Waals surface area contributed by atoms with Crippen molar-refractivity contribution in [1.82, 2.24) is 9.38 Å². The molecule has 1 aromatic carbocycles. The molecule has 0 aliphatic heterocycles. The average Bonchev–Trinajstić information content (AvgIpc) is 2.84. The summed E-state index contributed by atoms with van der Waals surface area (Å²) in [5, 5.41) is 0. The van der Waals surface area contributed by atoms with Gasteiger partial charge in [-0.2, -0.15) is 0 Å². The molecule has 3 aromatic rings. The van der Waals surface area contributed by atoms with Gasteiger partial charge in [0.2, 0.25) is 0 Å². The number of rotatable bonds is 2. The lowest BCUT2D eigenvalue weighted by molar-refractivity contribution is 0.805. The van der Waals surface area contributed by atoms with E-state index in [-0.39, 0.29) is 6.04 Å². The normalized spacial score (nSPS) is 12.8. The molecule has 2 N–H and O–H groups in total. The molecule has 90 valence electrons. The zero-order valence-corrected chi connectivity index (χ0v) is 10.2. The standard InChI is InChI=1S/C15H15N3/c1-11-6-5-9-14-17-10-13(18(11)14)15(16)12-7-3-2-4-8-12/h2-10,15H,16H2,1H3. The van der Waals surface area contributed by atoms with Crippen LogP contribution in [0.2, 0.25) is 0 Å². The first-order valence-electron chi connectivity index (χ1n) is 6.01. The Morgan fingerprint density at radius 3 is 2.61 bits per heavy atom. The molecule has 1 unspecified atom stereocenters. The summed E-state index contributed by atoms with van der Waals surface area (Å²) in [4.78, 5) is 4.41. The fourth-order valence-electron chi connectivity index (χ4n) is 2.28. The lowest BCUT2D eigenvalue weighted by Crippen LogP contribution is -2.14. The third-order valence-electron chi connectivity index (χ3n) is 3.23. The van der Waals surface area contributed by atoms with Gasteiger partial charge in [0.1, 0.15) is 5.65 Å². The lowest BCUT2D eigenvalue weighted by Gasteiger charge is -2.13. The van der Waals surface area contributed by atoms with Gasteiger partial charge in [0.25, 0.3) is 0 Å². The Balaban J connectivity index is 2.15. The zero-order chi connectivity index (χ0) is 12.5. The molecule has 0 saturated heterocycles. The number of hydrogen-bond acceptors (Lipinski definition) is 2. The summed E-state index contributed by atoms with van der Waals surface area (Å²) < 4.78 is 2.11. The Labute approximate surface area is 106 Å². The number of aromatic nitrogens is 2. The number of fused-ring (bicyclic) bond motifs is 1. The largest absolute Gasteiger partial charge is 0.319 e. The van der Waals surface area contributed by atoms with Crippen LogP contribution < -0.4 is 5.73 Å². The minimum absolute atomic E-state index is 0.151. The van der Waals surface area contributed by atoms with Gasteiger partial charge in [0, 0.05) is 5.69 Å². The van der Waals surface area contributed by atoms with E-state index < -0.39 is 0 Å². The van der Waals surface area contributed by atoms with Crippen molar-refractivity contribution in [3.8, 4) is 0 Å². The minimum Gasteiger partial charge on any atom is -0.319 e. The van der Waals surface area contributed by atoms with Crippen LogP contribution in [0.1, 0.15) is 23.0 Å². The van der Waals surface area contributed by atoms with Gasteiger partial charge in [-0.1, -0.05) is 36.4 Å². The fourth-order valence-corrected chi connectivity index (χ4v) is 2.28. The maximum absolute atomic E-state index is 6.33. The first kappa shape index (κ1) is 11.0. The second-order valence-electron chi connectivity index (χ2n) is 4.43. The van der Waals surface area contributed by atoms with Crippen LogP contribution in [0.4, 0.5) is 0 Å². The molecule has 0 radical (unpaired) electrons. The van der Waals surface area contributed by atoms with Crippen molar-refractivity contribution in [3.63, 3.8) is 0 Å². The molecular formula is C15H15N3. The van der Waals surface area contributed by atoms with Crippen LogP contribution in [0.5, 0.6) is 0 Å². The molecule has 0 amide bonds. The SMILES string of the molecule is Cc1cccc2ncc(C(N)c3ccccc3)n12. The number of hydrogen-bond donors (Lipinski definition) is 1. The number of aryl methyl sites for hydroxylation is 1. The molecule has 0 saturated carbocycles. The summed E-state index contributed by atoms with van der Waals surface area (Å²) in [6.07, 6.45) is 1.86. The van der Waals surface area contributed by atoms with Gasteiger partial charge in [0.05, 0.1) is 17.9 Å². The summed E-state index contributed by atoms with van der Waals surface area (Å²) in [5.41, 5.74) is 10.5.